The molecule has 0 unspecified atom stereocenters. The Morgan fingerprint density at radius 2 is 2.16 bits per heavy atom. The van der Waals surface area contributed by atoms with Gasteiger partial charge in [0.2, 0.25) is 0 Å². The van der Waals surface area contributed by atoms with Crippen LogP contribution in [-0.2, 0) is 0 Å². The Bertz CT molecular complexity index is 724. The van der Waals surface area contributed by atoms with Gasteiger partial charge in [0.25, 0.3) is 0 Å². The van der Waals surface area contributed by atoms with Crippen LogP contribution in [0.4, 0.5) is 0 Å². The summed E-state index contributed by atoms with van der Waals surface area (Å²) in [5, 5.41) is 0. The number of nitrogens with two attached hydrogens (primary N) is 1. The predicted molar refractivity (Wildman–Crippen MR) is 71.5 cm³/mol. The van der Waals surface area contributed by atoms with Gasteiger partial charge in [-0.3, -0.25) is 0 Å². The van der Waals surface area contributed by atoms with Crippen LogP contribution in [0.5, 0.6) is 0 Å². The van der Waals surface area contributed by atoms with Gasteiger partial charge in [-0.25, -0.2) is 9.97 Å². The molecule has 1 aliphatic carbocycles. The van der Waals surface area contributed by atoms with Crippen LogP contribution in [0.1, 0.15) is 24.6 Å². The van der Waals surface area contributed by atoms with Crippen molar-refractivity contribution in [1.29, 1.82) is 0 Å². The Labute approximate surface area is 109 Å². The summed E-state index contributed by atoms with van der Waals surface area (Å²) in [6.45, 7) is 0. The fourth-order valence-corrected chi connectivity index (χ4v) is 2.60. The van der Waals surface area contributed by atoms with Crippen molar-refractivity contribution in [3.63, 3.8) is 0 Å². The van der Waals surface area contributed by atoms with Gasteiger partial charge in [-0.1, -0.05) is 6.07 Å². The lowest BCUT2D eigenvalue weighted by Gasteiger charge is -2.30. The lowest BCUT2D eigenvalue weighted by molar-refractivity contribution is 0.340. The topological polar surface area (TPSA) is 80.7 Å². The Hall–Kier alpha value is -2.14. The molecule has 0 aliphatic heterocycles. The zero-order valence-electron chi connectivity index (χ0n) is 10.3. The first-order valence-electron chi connectivity index (χ1n) is 6.44. The minimum absolute atomic E-state index is 0.337. The highest BCUT2D eigenvalue weighted by Crippen LogP contribution is 2.35. The maximum atomic E-state index is 5.81. The van der Waals surface area contributed by atoms with Gasteiger partial charge in [-0.05, 0) is 25.0 Å². The molecule has 4 rings (SSSR count). The average Bonchev–Trinajstić information content (AvgIpc) is 3.02. The smallest absolute Gasteiger partial charge is 0.181 e. The van der Waals surface area contributed by atoms with E-state index < -0.39 is 0 Å². The summed E-state index contributed by atoms with van der Waals surface area (Å²) < 4.78 is 5.32. The number of hydrogen-bond acceptors (Lipinski definition) is 4. The third kappa shape index (κ3) is 1.74. The summed E-state index contributed by atoms with van der Waals surface area (Å²) in [4.78, 5) is 12.0. The minimum atomic E-state index is 0.337. The van der Waals surface area contributed by atoms with Crippen LogP contribution in [0.2, 0.25) is 0 Å². The van der Waals surface area contributed by atoms with Gasteiger partial charge in [-0.15, -0.1) is 0 Å². The van der Waals surface area contributed by atoms with Crippen LogP contribution in [0.25, 0.3) is 22.4 Å². The van der Waals surface area contributed by atoms with Crippen molar-refractivity contribution in [2.75, 3.05) is 0 Å². The summed E-state index contributed by atoms with van der Waals surface area (Å²) >= 11 is 0. The number of nitrogens with zero attached hydrogens (tertiary/aromatic N) is 2. The largest absolute Gasteiger partial charge is 0.443 e. The molecule has 1 aromatic carbocycles. The minimum Gasteiger partial charge on any atom is -0.443 e. The average molecular weight is 254 g/mol. The van der Waals surface area contributed by atoms with Crippen LogP contribution in [0.15, 0.2) is 35.2 Å². The van der Waals surface area contributed by atoms with Crippen LogP contribution in [0, 0.1) is 0 Å². The summed E-state index contributed by atoms with van der Waals surface area (Å²) in [6, 6.07) is 6.29. The predicted octanol–water partition coefficient (Wildman–Crippen LogP) is 2.42. The van der Waals surface area contributed by atoms with Crippen LogP contribution in [-0.4, -0.2) is 21.0 Å². The second-order valence-corrected chi connectivity index (χ2v) is 5.15. The van der Waals surface area contributed by atoms with Crippen molar-refractivity contribution >= 4 is 11.1 Å². The maximum Gasteiger partial charge on any atom is 0.181 e. The number of hydrogen-bond donors (Lipinski definition) is 2. The second kappa shape index (κ2) is 3.93. The summed E-state index contributed by atoms with van der Waals surface area (Å²) in [6.07, 6.45) is 5.38. The van der Waals surface area contributed by atoms with Gasteiger partial charge in [0.1, 0.15) is 11.3 Å². The molecule has 19 heavy (non-hydrogen) atoms. The number of H-pyrrole nitrogens is 1. The molecule has 0 atom stereocenters. The zero-order chi connectivity index (χ0) is 12.8. The van der Waals surface area contributed by atoms with Gasteiger partial charge in [0.05, 0.1) is 11.9 Å². The molecule has 5 nitrogen and oxygen atoms in total. The third-order valence-electron chi connectivity index (χ3n) is 3.80. The van der Waals surface area contributed by atoms with Gasteiger partial charge in [0.15, 0.2) is 12.0 Å². The highest BCUT2D eigenvalue weighted by molar-refractivity contribution is 5.78. The van der Waals surface area contributed by atoms with Crippen molar-refractivity contribution in [3.05, 3.63) is 36.6 Å². The van der Waals surface area contributed by atoms with E-state index in [2.05, 4.69) is 15.0 Å². The molecule has 2 aromatic heterocycles. The molecule has 3 aromatic rings. The van der Waals surface area contributed by atoms with Crippen LogP contribution in [0.3, 0.4) is 0 Å². The van der Waals surface area contributed by atoms with E-state index >= 15 is 0 Å². The van der Waals surface area contributed by atoms with Crippen molar-refractivity contribution in [3.8, 4) is 11.3 Å². The molecule has 0 spiro atoms. The van der Waals surface area contributed by atoms with Gasteiger partial charge >= 0.3 is 0 Å². The molecule has 0 amide bonds. The molecule has 0 saturated heterocycles. The molecule has 0 radical (unpaired) electrons. The van der Waals surface area contributed by atoms with Gasteiger partial charge in [-0.2, -0.15) is 0 Å². The Kier molecular flexibility index (Phi) is 2.22. The van der Waals surface area contributed by atoms with Crippen molar-refractivity contribution in [2.24, 2.45) is 5.73 Å². The molecule has 1 saturated carbocycles. The van der Waals surface area contributed by atoms with Gasteiger partial charge < -0.3 is 15.1 Å². The molecule has 3 N–H and O–H groups in total. The van der Waals surface area contributed by atoms with Gasteiger partial charge in [0, 0.05) is 17.5 Å². The quantitative estimate of drug-likeness (QED) is 0.736. The number of rotatable bonds is 2. The molecule has 1 aliphatic rings. The number of aromatic amines is 1. The summed E-state index contributed by atoms with van der Waals surface area (Å²) in [7, 11) is 0. The number of fused-ring (bicyclic) bond motifs is 1. The molecular weight excluding hydrogens is 240 g/mol. The molecule has 5 heteroatoms. The SMILES string of the molecule is NC1CC(c2ncc(-c3ccc4ncoc4c3)[nH]2)C1. The normalized spacial score (nSPS) is 22.6. The Morgan fingerprint density at radius 1 is 1.26 bits per heavy atom. The van der Waals surface area contributed by atoms with E-state index in [1.165, 1.54) is 6.39 Å². The van der Waals surface area contributed by atoms with E-state index in [4.69, 9.17) is 10.2 Å². The van der Waals surface area contributed by atoms with Crippen molar-refractivity contribution in [1.82, 2.24) is 15.0 Å². The summed E-state index contributed by atoms with van der Waals surface area (Å²) in [5.74, 6) is 1.52. The first-order valence-corrected chi connectivity index (χ1v) is 6.44. The fourth-order valence-electron chi connectivity index (χ4n) is 2.60. The molecular formula is C14H14N4O. The van der Waals surface area contributed by atoms with Crippen molar-refractivity contribution < 1.29 is 4.42 Å². The van der Waals surface area contributed by atoms with Crippen molar-refractivity contribution in [2.45, 2.75) is 24.8 Å². The van der Waals surface area contributed by atoms with E-state index in [0.29, 0.717) is 12.0 Å². The lowest BCUT2D eigenvalue weighted by atomic mass is 9.80. The molecule has 1 fully saturated rings. The summed E-state index contributed by atoms with van der Waals surface area (Å²) in [5.41, 5.74) is 9.54. The van der Waals surface area contributed by atoms with Crippen LogP contribution >= 0.6 is 0 Å². The highest BCUT2D eigenvalue weighted by Gasteiger charge is 2.29. The number of imidazole rings is 1. The van der Waals surface area contributed by atoms with E-state index in [-0.39, 0.29) is 0 Å². The first-order chi connectivity index (χ1) is 9.29. The zero-order valence-corrected chi connectivity index (χ0v) is 10.3. The van der Waals surface area contributed by atoms with E-state index in [1.54, 1.807) is 0 Å². The number of oxazole rings is 1. The second-order valence-electron chi connectivity index (χ2n) is 5.15. The Morgan fingerprint density at radius 3 is 3.00 bits per heavy atom. The van der Waals surface area contributed by atoms with E-state index in [0.717, 1.165) is 41.0 Å². The lowest BCUT2D eigenvalue weighted by Crippen LogP contribution is -2.35. The number of benzene rings is 1. The number of nitrogens with one attached hydrogen (secondary N) is 1. The van der Waals surface area contributed by atoms with Crippen LogP contribution < -0.4 is 5.73 Å². The molecule has 96 valence electrons. The molecule has 0 bridgehead atoms. The third-order valence-corrected chi connectivity index (χ3v) is 3.80. The maximum absolute atomic E-state index is 5.81. The highest BCUT2D eigenvalue weighted by atomic mass is 16.3. The Balaban J connectivity index is 1.67. The fraction of sp³-hybridized carbons (Fsp3) is 0.286. The monoisotopic (exact) mass is 254 g/mol. The first kappa shape index (κ1) is 10.8. The van der Waals surface area contributed by atoms with E-state index in [9.17, 15) is 0 Å². The molecule has 2 heterocycles. The number of aromatic nitrogens is 3. The standard InChI is InChI=1S/C14H14N4O/c15-10-3-9(4-10)14-16-6-12(18-14)8-1-2-11-13(5-8)19-7-17-11/h1-2,5-7,9-10H,3-4,15H2,(H,16,18). The van der Waals surface area contributed by atoms with E-state index in [1.807, 2.05) is 24.4 Å².